The fourth-order valence-electron chi connectivity index (χ4n) is 3.33. The van der Waals surface area contributed by atoms with Crippen LogP contribution in [0.15, 0.2) is 4.79 Å². The van der Waals surface area contributed by atoms with Gasteiger partial charge in [0, 0.05) is 19.0 Å². The van der Waals surface area contributed by atoms with Crippen LogP contribution >= 0.6 is 0 Å². The van der Waals surface area contributed by atoms with Gasteiger partial charge in [-0.25, -0.2) is 22.4 Å². The predicted molar refractivity (Wildman–Crippen MR) is 98.9 cm³/mol. The van der Waals surface area contributed by atoms with Crippen molar-refractivity contribution in [3.05, 3.63) is 21.9 Å². The molecule has 136 valence electrons. The molecule has 0 radical (unpaired) electrons. The van der Waals surface area contributed by atoms with Crippen molar-refractivity contribution in [2.24, 2.45) is 0 Å². The van der Waals surface area contributed by atoms with Crippen molar-refractivity contribution in [2.45, 2.75) is 52.0 Å². The Morgan fingerprint density at radius 1 is 1.32 bits per heavy atom. The molecule has 10 heteroatoms. The molecule has 0 aromatic carbocycles. The molecule has 3 heterocycles. The zero-order valence-corrected chi connectivity index (χ0v) is 16.1. The average Bonchev–Trinajstić information content (AvgIpc) is 2.84. The van der Waals surface area contributed by atoms with Gasteiger partial charge in [-0.1, -0.05) is 0 Å². The van der Waals surface area contributed by atoms with E-state index in [1.807, 2.05) is 20.8 Å². The molecule has 0 amide bonds. The molecule has 0 spiro atoms. The standard InChI is InChI=1S/C15H24BN5O3S/c1-9-11-13(21(19-9)15(2,3)4)17-12(18-14(11)22)10-6-5-7-20(8-10)25(16,23)24/h10H,5-8,16H2,1-4H3,(H,17,18,22). The largest absolute Gasteiger partial charge is 0.310 e. The number of hydrogen-bond acceptors (Lipinski definition) is 5. The second kappa shape index (κ2) is 5.94. The van der Waals surface area contributed by atoms with Crippen LogP contribution in [-0.4, -0.2) is 52.7 Å². The van der Waals surface area contributed by atoms with Crippen LogP contribution in [0.4, 0.5) is 0 Å². The maximum atomic E-state index is 12.6. The van der Waals surface area contributed by atoms with E-state index in [4.69, 9.17) is 0 Å². The normalized spacial score (nSPS) is 20.2. The predicted octanol–water partition coefficient (Wildman–Crippen LogP) is 0.240. The average molecular weight is 365 g/mol. The first-order valence-electron chi connectivity index (χ1n) is 8.43. The Bertz CT molecular complexity index is 973. The summed E-state index contributed by atoms with van der Waals surface area (Å²) in [4.78, 5) is 20.1. The lowest BCUT2D eigenvalue weighted by Crippen LogP contribution is -2.39. The van der Waals surface area contributed by atoms with Crippen LogP contribution in [0.3, 0.4) is 0 Å². The number of nitrogens with zero attached hydrogens (tertiary/aromatic N) is 4. The molecular weight excluding hydrogens is 341 g/mol. The number of aromatic amines is 1. The van der Waals surface area contributed by atoms with Gasteiger partial charge < -0.3 is 4.98 Å². The molecule has 2 aromatic rings. The lowest BCUT2D eigenvalue weighted by molar-refractivity contribution is 0.313. The Morgan fingerprint density at radius 2 is 2.00 bits per heavy atom. The van der Waals surface area contributed by atoms with Crippen LogP contribution in [0.2, 0.25) is 0 Å². The van der Waals surface area contributed by atoms with Crippen molar-refractivity contribution in [1.29, 1.82) is 0 Å². The monoisotopic (exact) mass is 365 g/mol. The van der Waals surface area contributed by atoms with E-state index in [2.05, 4.69) is 15.1 Å². The lowest BCUT2D eigenvalue weighted by Gasteiger charge is -2.30. The fourth-order valence-corrected chi connectivity index (χ4v) is 4.24. The zero-order chi connectivity index (χ0) is 18.6. The maximum absolute atomic E-state index is 12.6. The van der Waals surface area contributed by atoms with Crippen molar-refractivity contribution < 1.29 is 8.42 Å². The van der Waals surface area contributed by atoms with E-state index in [0.717, 1.165) is 12.8 Å². The van der Waals surface area contributed by atoms with E-state index < -0.39 is 9.87 Å². The van der Waals surface area contributed by atoms with Gasteiger partial charge in [0.25, 0.3) is 12.7 Å². The summed E-state index contributed by atoms with van der Waals surface area (Å²) in [6.45, 7) is 8.68. The Labute approximate surface area is 148 Å². The summed E-state index contributed by atoms with van der Waals surface area (Å²) in [7, 11) is -2.04. The number of nitrogens with one attached hydrogen (secondary N) is 1. The van der Waals surface area contributed by atoms with Crippen LogP contribution in [0.1, 0.15) is 51.0 Å². The van der Waals surface area contributed by atoms with Gasteiger partial charge in [0.05, 0.1) is 11.2 Å². The molecular formula is C15H24BN5O3S. The molecule has 1 atom stereocenters. The van der Waals surface area contributed by atoms with Crippen LogP contribution < -0.4 is 5.56 Å². The number of H-pyrrole nitrogens is 1. The van der Waals surface area contributed by atoms with E-state index in [9.17, 15) is 13.2 Å². The molecule has 25 heavy (non-hydrogen) atoms. The molecule has 0 bridgehead atoms. The third-order valence-electron chi connectivity index (χ3n) is 4.61. The molecule has 0 aliphatic carbocycles. The maximum Gasteiger partial charge on any atom is 0.276 e. The Kier molecular flexibility index (Phi) is 4.31. The van der Waals surface area contributed by atoms with Crippen molar-refractivity contribution in [3.63, 3.8) is 0 Å². The third-order valence-corrected chi connectivity index (χ3v) is 5.88. The lowest BCUT2D eigenvalue weighted by atomic mass is 9.99. The highest BCUT2D eigenvalue weighted by Gasteiger charge is 2.29. The van der Waals surface area contributed by atoms with Gasteiger partial charge in [-0.15, -0.1) is 0 Å². The number of hydrogen-bond donors (Lipinski definition) is 1. The molecule has 1 saturated heterocycles. The quantitative estimate of drug-likeness (QED) is 0.769. The molecule has 3 rings (SSSR count). The molecule has 0 saturated carbocycles. The fraction of sp³-hybridized carbons (Fsp3) is 0.667. The van der Waals surface area contributed by atoms with Crippen molar-refractivity contribution in [3.8, 4) is 0 Å². The highest BCUT2D eigenvalue weighted by Crippen LogP contribution is 2.27. The highest BCUT2D eigenvalue weighted by atomic mass is 32.2. The van der Waals surface area contributed by atoms with Crippen molar-refractivity contribution >= 4 is 28.0 Å². The first kappa shape index (κ1) is 18.1. The van der Waals surface area contributed by atoms with Crippen LogP contribution in [0.25, 0.3) is 11.0 Å². The molecule has 1 aliphatic heterocycles. The first-order valence-corrected chi connectivity index (χ1v) is 10.3. The van der Waals surface area contributed by atoms with Crippen LogP contribution in [-0.2, 0) is 15.4 Å². The second-order valence-corrected chi connectivity index (χ2v) is 9.76. The molecule has 8 nitrogen and oxygen atoms in total. The molecule has 1 unspecified atom stereocenters. The van der Waals surface area contributed by atoms with Gasteiger partial charge in [0.2, 0.25) is 0 Å². The minimum absolute atomic E-state index is 0.121. The first-order chi connectivity index (χ1) is 11.5. The van der Waals surface area contributed by atoms with Gasteiger partial charge in [0.15, 0.2) is 15.5 Å². The third kappa shape index (κ3) is 3.37. The minimum Gasteiger partial charge on any atom is -0.310 e. The number of aromatic nitrogens is 4. The summed E-state index contributed by atoms with van der Waals surface area (Å²) in [5.41, 5.74) is 0.673. The van der Waals surface area contributed by atoms with Gasteiger partial charge in [-0.3, -0.25) is 4.79 Å². The number of rotatable bonds is 2. The SMILES string of the molecule is BS(=O)(=O)N1CCCC(c2nc3c(c(C)nn3C(C)(C)C)c(=O)[nH]2)C1. The molecule has 1 fully saturated rings. The van der Waals surface area contributed by atoms with Crippen LogP contribution in [0.5, 0.6) is 0 Å². The van der Waals surface area contributed by atoms with E-state index in [1.54, 1.807) is 11.6 Å². The van der Waals surface area contributed by atoms with Crippen molar-refractivity contribution in [2.75, 3.05) is 13.1 Å². The summed E-state index contributed by atoms with van der Waals surface area (Å²) in [5.74, 6) is 0.417. The number of aryl methyl sites for hydroxylation is 1. The van der Waals surface area contributed by atoms with Gasteiger partial charge >= 0.3 is 0 Å². The summed E-state index contributed by atoms with van der Waals surface area (Å²) < 4.78 is 26.9. The smallest absolute Gasteiger partial charge is 0.276 e. The van der Waals surface area contributed by atoms with E-state index >= 15 is 0 Å². The van der Waals surface area contributed by atoms with Gasteiger partial charge in [-0.05, 0) is 40.5 Å². The molecule has 1 N–H and O–H groups in total. The zero-order valence-electron chi connectivity index (χ0n) is 15.3. The summed E-state index contributed by atoms with van der Waals surface area (Å²) in [6, 6.07) is 0. The van der Waals surface area contributed by atoms with Crippen LogP contribution in [0, 0.1) is 6.92 Å². The Hall–Kier alpha value is -1.68. The van der Waals surface area contributed by atoms with E-state index in [0.29, 0.717) is 35.6 Å². The van der Waals surface area contributed by atoms with Crippen molar-refractivity contribution in [1.82, 2.24) is 24.1 Å². The highest BCUT2D eigenvalue weighted by molar-refractivity contribution is 8.10. The molecule has 1 aliphatic rings. The minimum atomic E-state index is -3.25. The number of fused-ring (bicyclic) bond motifs is 1. The van der Waals surface area contributed by atoms with E-state index in [-0.39, 0.29) is 17.0 Å². The van der Waals surface area contributed by atoms with E-state index in [1.165, 1.54) is 11.4 Å². The van der Waals surface area contributed by atoms with Gasteiger partial charge in [0.1, 0.15) is 11.2 Å². The Morgan fingerprint density at radius 3 is 2.60 bits per heavy atom. The topological polar surface area (TPSA) is 101 Å². The summed E-state index contributed by atoms with van der Waals surface area (Å²) in [5, 5.41) is 4.99. The summed E-state index contributed by atoms with van der Waals surface area (Å²) >= 11 is 0. The van der Waals surface area contributed by atoms with Gasteiger partial charge in [-0.2, -0.15) is 5.10 Å². The second-order valence-electron chi connectivity index (χ2n) is 7.78. The Balaban J connectivity index is 2.10. The number of piperidine rings is 1. The summed E-state index contributed by atoms with van der Waals surface area (Å²) in [6.07, 6.45) is 1.54. The molecule has 2 aromatic heterocycles.